The second kappa shape index (κ2) is 5.95. The van der Waals surface area contributed by atoms with E-state index in [1.807, 2.05) is 0 Å². The van der Waals surface area contributed by atoms with Gasteiger partial charge in [0.05, 0.1) is 16.8 Å². The SMILES string of the molecule is N#Cc1cc(C(F)(F)F)ccc1N1CC(CN=[N+]=[N-])CC1=O. The van der Waals surface area contributed by atoms with Crippen LogP contribution in [0.5, 0.6) is 0 Å². The number of azide groups is 1. The first kappa shape index (κ1) is 15.7. The molecule has 1 heterocycles. The minimum atomic E-state index is -4.55. The molecule has 1 saturated heterocycles. The Morgan fingerprint density at radius 1 is 1.50 bits per heavy atom. The number of nitrogens with zero attached hydrogens (tertiary/aromatic N) is 5. The number of nitriles is 1. The third-order valence-corrected chi connectivity index (χ3v) is 3.34. The largest absolute Gasteiger partial charge is 0.416 e. The summed E-state index contributed by atoms with van der Waals surface area (Å²) in [5.74, 6) is -0.522. The summed E-state index contributed by atoms with van der Waals surface area (Å²) in [6.45, 7) is 0.332. The summed E-state index contributed by atoms with van der Waals surface area (Å²) >= 11 is 0. The molecule has 1 amide bonds. The average molecular weight is 309 g/mol. The molecule has 9 heteroatoms. The van der Waals surface area contributed by atoms with Crippen molar-refractivity contribution in [1.82, 2.24) is 0 Å². The maximum Gasteiger partial charge on any atom is 0.416 e. The third kappa shape index (κ3) is 3.13. The molecule has 1 unspecified atom stereocenters. The summed E-state index contributed by atoms with van der Waals surface area (Å²) in [6.07, 6.45) is -4.42. The van der Waals surface area contributed by atoms with Crippen molar-refractivity contribution in [1.29, 1.82) is 5.26 Å². The Kier molecular flexibility index (Phi) is 4.24. The summed E-state index contributed by atoms with van der Waals surface area (Å²) in [6, 6.07) is 4.37. The highest BCUT2D eigenvalue weighted by Crippen LogP contribution is 2.34. The number of amides is 1. The van der Waals surface area contributed by atoms with Crippen molar-refractivity contribution < 1.29 is 18.0 Å². The van der Waals surface area contributed by atoms with Gasteiger partial charge in [-0.1, -0.05) is 5.11 Å². The maximum absolute atomic E-state index is 12.7. The zero-order valence-corrected chi connectivity index (χ0v) is 11.2. The molecule has 1 aliphatic rings. The van der Waals surface area contributed by atoms with E-state index in [2.05, 4.69) is 10.0 Å². The lowest BCUT2D eigenvalue weighted by molar-refractivity contribution is -0.137. The molecule has 22 heavy (non-hydrogen) atoms. The Morgan fingerprint density at radius 3 is 2.82 bits per heavy atom. The topological polar surface area (TPSA) is 92.9 Å². The van der Waals surface area contributed by atoms with Crippen molar-refractivity contribution >= 4 is 11.6 Å². The number of rotatable bonds is 3. The summed E-state index contributed by atoms with van der Waals surface area (Å²) in [5, 5.41) is 12.4. The molecular formula is C13H10F3N5O. The molecule has 0 bridgehead atoms. The minimum Gasteiger partial charge on any atom is -0.311 e. The van der Waals surface area contributed by atoms with Gasteiger partial charge in [0, 0.05) is 24.4 Å². The average Bonchev–Trinajstić information content (AvgIpc) is 2.84. The molecule has 1 aromatic rings. The second-order valence-corrected chi connectivity index (χ2v) is 4.83. The Bertz CT molecular complexity index is 688. The molecule has 0 aromatic heterocycles. The number of carbonyl (C=O) groups excluding carboxylic acids is 1. The molecule has 0 N–H and O–H groups in total. The van der Waals surface area contributed by atoms with Gasteiger partial charge in [-0.15, -0.1) is 0 Å². The fraction of sp³-hybridized carbons (Fsp3) is 0.385. The molecular weight excluding hydrogens is 299 g/mol. The van der Waals surface area contributed by atoms with Gasteiger partial charge < -0.3 is 4.90 Å². The van der Waals surface area contributed by atoms with Crippen molar-refractivity contribution in [2.75, 3.05) is 18.0 Å². The van der Waals surface area contributed by atoms with Gasteiger partial charge in [-0.3, -0.25) is 4.79 Å². The van der Waals surface area contributed by atoms with Crippen LogP contribution < -0.4 is 4.90 Å². The molecule has 6 nitrogen and oxygen atoms in total. The Morgan fingerprint density at radius 2 is 2.23 bits per heavy atom. The highest BCUT2D eigenvalue weighted by Gasteiger charge is 2.34. The van der Waals surface area contributed by atoms with Gasteiger partial charge in [0.2, 0.25) is 5.91 Å². The van der Waals surface area contributed by atoms with Gasteiger partial charge in [-0.2, -0.15) is 18.4 Å². The highest BCUT2D eigenvalue weighted by atomic mass is 19.4. The molecule has 1 fully saturated rings. The van der Waals surface area contributed by atoms with Gasteiger partial charge >= 0.3 is 6.18 Å². The van der Waals surface area contributed by atoms with Gasteiger partial charge in [0.15, 0.2) is 0 Å². The van der Waals surface area contributed by atoms with Crippen LogP contribution in [-0.2, 0) is 11.0 Å². The molecule has 0 radical (unpaired) electrons. The predicted octanol–water partition coefficient (Wildman–Crippen LogP) is 3.24. The van der Waals surface area contributed by atoms with E-state index in [4.69, 9.17) is 10.8 Å². The van der Waals surface area contributed by atoms with Crippen LogP contribution in [0.4, 0.5) is 18.9 Å². The Hall–Kier alpha value is -2.72. The number of hydrogen-bond acceptors (Lipinski definition) is 3. The molecule has 1 aromatic carbocycles. The number of carbonyl (C=O) groups is 1. The summed E-state index contributed by atoms with van der Waals surface area (Å²) in [5.41, 5.74) is 7.26. The first-order chi connectivity index (χ1) is 10.4. The molecule has 0 spiro atoms. The molecule has 0 saturated carbocycles. The summed E-state index contributed by atoms with van der Waals surface area (Å²) < 4.78 is 38.0. The van der Waals surface area contributed by atoms with Crippen LogP contribution in [0, 0.1) is 17.2 Å². The first-order valence-electron chi connectivity index (χ1n) is 6.29. The Labute approximate surface area is 123 Å². The third-order valence-electron chi connectivity index (χ3n) is 3.34. The van der Waals surface area contributed by atoms with E-state index in [0.29, 0.717) is 0 Å². The molecule has 114 valence electrons. The smallest absolute Gasteiger partial charge is 0.311 e. The highest BCUT2D eigenvalue weighted by molar-refractivity contribution is 5.97. The lowest BCUT2D eigenvalue weighted by Crippen LogP contribution is -2.26. The van der Waals surface area contributed by atoms with Gasteiger partial charge in [-0.05, 0) is 29.6 Å². The van der Waals surface area contributed by atoms with Crippen LogP contribution in [0.1, 0.15) is 17.5 Å². The summed E-state index contributed by atoms with van der Waals surface area (Å²) in [7, 11) is 0. The Balaban J connectivity index is 2.31. The minimum absolute atomic E-state index is 0.126. The van der Waals surface area contributed by atoms with E-state index in [9.17, 15) is 18.0 Å². The predicted molar refractivity (Wildman–Crippen MR) is 70.6 cm³/mol. The lowest BCUT2D eigenvalue weighted by atomic mass is 10.1. The normalized spacial score (nSPS) is 18.0. The van der Waals surface area contributed by atoms with E-state index in [-0.39, 0.29) is 42.6 Å². The molecule has 2 rings (SSSR count). The van der Waals surface area contributed by atoms with E-state index in [1.54, 1.807) is 6.07 Å². The van der Waals surface area contributed by atoms with Crippen LogP contribution in [0.25, 0.3) is 10.4 Å². The van der Waals surface area contributed by atoms with Crippen molar-refractivity contribution in [3.63, 3.8) is 0 Å². The summed E-state index contributed by atoms with van der Waals surface area (Å²) in [4.78, 5) is 15.8. The number of halogens is 3. The van der Waals surface area contributed by atoms with Crippen molar-refractivity contribution in [3.8, 4) is 6.07 Å². The van der Waals surface area contributed by atoms with Crippen LogP contribution in [0.15, 0.2) is 23.3 Å². The van der Waals surface area contributed by atoms with E-state index >= 15 is 0 Å². The fourth-order valence-electron chi connectivity index (χ4n) is 2.33. The van der Waals surface area contributed by atoms with Gasteiger partial charge in [-0.25, -0.2) is 0 Å². The zero-order valence-electron chi connectivity index (χ0n) is 11.2. The monoisotopic (exact) mass is 309 g/mol. The van der Waals surface area contributed by atoms with Crippen molar-refractivity contribution in [2.45, 2.75) is 12.6 Å². The van der Waals surface area contributed by atoms with Crippen LogP contribution in [-0.4, -0.2) is 19.0 Å². The van der Waals surface area contributed by atoms with Gasteiger partial charge in [0.1, 0.15) is 6.07 Å². The van der Waals surface area contributed by atoms with Crippen LogP contribution in [0.3, 0.4) is 0 Å². The second-order valence-electron chi connectivity index (χ2n) is 4.83. The van der Waals surface area contributed by atoms with E-state index in [0.717, 1.165) is 18.2 Å². The van der Waals surface area contributed by atoms with Crippen LogP contribution in [0.2, 0.25) is 0 Å². The standard InChI is InChI=1S/C13H10F3N5O/c14-13(15,16)10-1-2-11(9(4-10)5-17)21-7-8(3-12(21)22)6-19-20-18/h1-2,4,8H,3,6-7H2. The molecule has 1 atom stereocenters. The lowest BCUT2D eigenvalue weighted by Gasteiger charge is -2.19. The maximum atomic E-state index is 12.7. The van der Waals surface area contributed by atoms with E-state index in [1.165, 1.54) is 4.90 Å². The fourth-order valence-corrected chi connectivity index (χ4v) is 2.33. The van der Waals surface area contributed by atoms with Crippen LogP contribution >= 0.6 is 0 Å². The quantitative estimate of drug-likeness (QED) is 0.487. The first-order valence-corrected chi connectivity index (χ1v) is 6.29. The number of alkyl halides is 3. The van der Waals surface area contributed by atoms with E-state index < -0.39 is 11.7 Å². The number of hydrogen-bond donors (Lipinski definition) is 0. The number of anilines is 1. The van der Waals surface area contributed by atoms with Crippen molar-refractivity contribution in [3.05, 3.63) is 39.8 Å². The number of benzene rings is 1. The molecule has 1 aliphatic heterocycles. The van der Waals surface area contributed by atoms with Crippen molar-refractivity contribution in [2.24, 2.45) is 11.0 Å². The van der Waals surface area contributed by atoms with Gasteiger partial charge in [0.25, 0.3) is 0 Å². The molecule has 0 aliphatic carbocycles. The zero-order chi connectivity index (χ0) is 16.3.